The first-order valence-electron chi connectivity index (χ1n) is 8.47. The molecular weight excluding hydrogens is 358 g/mol. The summed E-state index contributed by atoms with van der Waals surface area (Å²) < 4.78 is 0. The van der Waals surface area contributed by atoms with Crippen molar-refractivity contribution in [1.82, 2.24) is 5.43 Å². The summed E-state index contributed by atoms with van der Waals surface area (Å²) in [6, 6.07) is 19.2. The van der Waals surface area contributed by atoms with E-state index in [1.807, 2.05) is 60.9 Å². The maximum atomic E-state index is 12.7. The molecule has 0 fully saturated rings. The normalized spacial score (nSPS) is 12.9. The minimum atomic E-state index is -0.342. The molecule has 0 saturated carbocycles. The van der Waals surface area contributed by atoms with Crippen molar-refractivity contribution >= 4 is 46.3 Å². The Hall–Kier alpha value is -3.12. The molecule has 0 radical (unpaired) electrons. The van der Waals surface area contributed by atoms with Crippen LogP contribution in [-0.2, 0) is 4.79 Å². The van der Waals surface area contributed by atoms with Gasteiger partial charge in [0.1, 0.15) is 6.54 Å². The number of amides is 2. The predicted octanol–water partition coefficient (Wildman–Crippen LogP) is 3.67. The molecule has 0 unspecified atom stereocenters. The smallest absolute Gasteiger partial charge is 0.260 e. The molecule has 3 aromatic carbocycles. The van der Waals surface area contributed by atoms with E-state index in [-0.39, 0.29) is 18.4 Å². The van der Waals surface area contributed by atoms with Crippen molar-refractivity contribution in [3.05, 3.63) is 71.8 Å². The molecule has 0 saturated heterocycles. The van der Waals surface area contributed by atoms with E-state index in [0.717, 1.165) is 26.9 Å². The Labute approximate surface area is 161 Å². The van der Waals surface area contributed by atoms with Crippen LogP contribution in [0.5, 0.6) is 0 Å². The van der Waals surface area contributed by atoms with E-state index < -0.39 is 0 Å². The van der Waals surface area contributed by atoms with Gasteiger partial charge in [0.05, 0.1) is 11.9 Å². The molecule has 134 valence electrons. The lowest BCUT2D eigenvalue weighted by molar-refractivity contribution is -0.119. The highest BCUT2D eigenvalue weighted by molar-refractivity contribution is 7.98. The van der Waals surface area contributed by atoms with Crippen LogP contribution in [0.2, 0.25) is 0 Å². The number of hydrogen-bond donors (Lipinski definition) is 1. The number of hydrogen-bond acceptors (Lipinski definition) is 4. The number of anilines is 1. The Morgan fingerprint density at radius 1 is 1.11 bits per heavy atom. The van der Waals surface area contributed by atoms with E-state index in [2.05, 4.69) is 10.5 Å². The average molecular weight is 375 g/mol. The summed E-state index contributed by atoms with van der Waals surface area (Å²) in [5, 5.41) is 5.88. The molecule has 4 rings (SSSR count). The van der Waals surface area contributed by atoms with Gasteiger partial charge in [0.15, 0.2) is 0 Å². The van der Waals surface area contributed by atoms with Gasteiger partial charge in [-0.15, -0.1) is 11.8 Å². The van der Waals surface area contributed by atoms with Gasteiger partial charge in [-0.2, -0.15) is 5.10 Å². The fourth-order valence-corrected chi connectivity index (χ4v) is 3.59. The second-order valence-electron chi connectivity index (χ2n) is 6.14. The number of carbonyl (C=O) groups is 2. The number of nitrogens with zero attached hydrogens (tertiary/aromatic N) is 2. The lowest BCUT2D eigenvalue weighted by Crippen LogP contribution is -2.37. The standard InChI is InChI=1S/C21H17N3O2S/c1-27-16-10-8-14(9-11-16)12-22-23-19(25)13-24-18-7-3-5-15-4-2-6-17(20(15)18)21(24)26/h2-12H,13H2,1H3,(H,23,25)/b22-12-. The maximum Gasteiger partial charge on any atom is 0.260 e. The summed E-state index contributed by atoms with van der Waals surface area (Å²) >= 11 is 1.67. The largest absolute Gasteiger partial charge is 0.298 e. The molecule has 1 aliphatic heterocycles. The molecular formula is C21H17N3O2S. The van der Waals surface area contributed by atoms with Gasteiger partial charge in [-0.3, -0.25) is 14.5 Å². The van der Waals surface area contributed by atoms with E-state index in [0.29, 0.717) is 5.56 Å². The Bertz CT molecular complexity index is 1060. The zero-order valence-corrected chi connectivity index (χ0v) is 15.5. The lowest BCUT2D eigenvalue weighted by atomic mass is 10.1. The minimum Gasteiger partial charge on any atom is -0.298 e. The fourth-order valence-electron chi connectivity index (χ4n) is 3.18. The minimum absolute atomic E-state index is 0.0740. The predicted molar refractivity (Wildman–Crippen MR) is 110 cm³/mol. The van der Waals surface area contributed by atoms with Gasteiger partial charge in [0, 0.05) is 15.8 Å². The van der Waals surface area contributed by atoms with Crippen molar-refractivity contribution in [3.63, 3.8) is 0 Å². The van der Waals surface area contributed by atoms with Crippen LogP contribution in [0.25, 0.3) is 10.8 Å². The van der Waals surface area contributed by atoms with Crippen molar-refractivity contribution in [1.29, 1.82) is 0 Å². The van der Waals surface area contributed by atoms with Gasteiger partial charge in [-0.05, 0) is 41.5 Å². The van der Waals surface area contributed by atoms with Crippen LogP contribution in [0.1, 0.15) is 15.9 Å². The highest BCUT2D eigenvalue weighted by atomic mass is 32.2. The summed E-state index contributed by atoms with van der Waals surface area (Å²) in [6.07, 6.45) is 3.60. The average Bonchev–Trinajstić information content (AvgIpc) is 2.97. The molecule has 0 aliphatic carbocycles. The van der Waals surface area contributed by atoms with Gasteiger partial charge in [-0.1, -0.05) is 36.4 Å². The van der Waals surface area contributed by atoms with Gasteiger partial charge in [0.2, 0.25) is 0 Å². The third kappa shape index (κ3) is 3.31. The molecule has 2 amide bonds. The molecule has 0 atom stereocenters. The van der Waals surface area contributed by atoms with Gasteiger partial charge < -0.3 is 0 Å². The van der Waals surface area contributed by atoms with Crippen molar-refractivity contribution < 1.29 is 9.59 Å². The number of nitrogens with one attached hydrogen (secondary N) is 1. The molecule has 0 aromatic heterocycles. The molecule has 0 bridgehead atoms. The molecule has 6 heteroatoms. The Morgan fingerprint density at radius 3 is 2.59 bits per heavy atom. The van der Waals surface area contributed by atoms with Crippen LogP contribution in [0, 0.1) is 0 Å². The zero-order chi connectivity index (χ0) is 18.8. The monoisotopic (exact) mass is 375 g/mol. The number of hydrazone groups is 1. The summed E-state index contributed by atoms with van der Waals surface area (Å²) in [4.78, 5) is 27.6. The Balaban J connectivity index is 1.45. The summed E-state index contributed by atoms with van der Waals surface area (Å²) in [7, 11) is 0. The first-order valence-corrected chi connectivity index (χ1v) is 9.69. The molecule has 5 nitrogen and oxygen atoms in total. The van der Waals surface area contributed by atoms with Crippen LogP contribution in [0.15, 0.2) is 70.7 Å². The highest BCUT2D eigenvalue weighted by Gasteiger charge is 2.30. The van der Waals surface area contributed by atoms with Gasteiger partial charge in [0.25, 0.3) is 11.8 Å². The van der Waals surface area contributed by atoms with Crippen molar-refractivity contribution in [2.45, 2.75) is 4.90 Å². The third-order valence-corrected chi connectivity index (χ3v) is 5.21. The molecule has 0 spiro atoms. The molecule has 27 heavy (non-hydrogen) atoms. The number of rotatable bonds is 5. The van der Waals surface area contributed by atoms with Crippen LogP contribution >= 0.6 is 11.8 Å². The van der Waals surface area contributed by atoms with E-state index in [9.17, 15) is 9.59 Å². The number of thioether (sulfide) groups is 1. The van der Waals surface area contributed by atoms with Crippen LogP contribution in [-0.4, -0.2) is 30.8 Å². The quantitative estimate of drug-likeness (QED) is 0.420. The molecule has 1 aliphatic rings. The van der Waals surface area contributed by atoms with Crippen molar-refractivity contribution in [3.8, 4) is 0 Å². The summed E-state index contributed by atoms with van der Waals surface area (Å²) in [5.74, 6) is -0.501. The first kappa shape index (κ1) is 17.3. The molecule has 3 aromatic rings. The zero-order valence-electron chi connectivity index (χ0n) is 14.7. The van der Waals surface area contributed by atoms with Gasteiger partial charge >= 0.3 is 0 Å². The Morgan fingerprint density at radius 2 is 1.85 bits per heavy atom. The second kappa shape index (κ2) is 7.25. The second-order valence-corrected chi connectivity index (χ2v) is 7.02. The molecule has 1 N–H and O–H groups in total. The summed E-state index contributed by atoms with van der Waals surface area (Å²) in [6.45, 7) is -0.0740. The third-order valence-electron chi connectivity index (χ3n) is 4.47. The van der Waals surface area contributed by atoms with Crippen LogP contribution < -0.4 is 10.3 Å². The molecule has 1 heterocycles. The van der Waals surface area contributed by atoms with E-state index in [4.69, 9.17) is 0 Å². The lowest BCUT2D eigenvalue weighted by Gasteiger charge is -2.16. The van der Waals surface area contributed by atoms with Gasteiger partial charge in [-0.25, -0.2) is 5.43 Å². The number of benzene rings is 3. The van der Waals surface area contributed by atoms with E-state index in [1.54, 1.807) is 24.0 Å². The van der Waals surface area contributed by atoms with Crippen molar-refractivity contribution in [2.24, 2.45) is 5.10 Å². The maximum absolute atomic E-state index is 12.7. The summed E-state index contributed by atoms with van der Waals surface area (Å²) in [5.41, 5.74) is 4.79. The SMILES string of the molecule is CSc1ccc(/C=N\NC(=O)CN2C(=O)c3cccc4cccc2c34)cc1. The van der Waals surface area contributed by atoms with Crippen molar-refractivity contribution in [2.75, 3.05) is 17.7 Å². The highest BCUT2D eigenvalue weighted by Crippen LogP contribution is 2.36. The Kier molecular flexibility index (Phi) is 4.64. The van der Waals surface area contributed by atoms with Crippen LogP contribution in [0.3, 0.4) is 0 Å². The van der Waals surface area contributed by atoms with Crippen LogP contribution in [0.4, 0.5) is 5.69 Å². The first-order chi connectivity index (χ1) is 13.2. The topological polar surface area (TPSA) is 61.8 Å². The number of carbonyl (C=O) groups excluding carboxylic acids is 2. The fraction of sp³-hybridized carbons (Fsp3) is 0.0952. The van der Waals surface area contributed by atoms with E-state index in [1.165, 1.54) is 4.90 Å². The van der Waals surface area contributed by atoms with E-state index >= 15 is 0 Å².